The molecule has 6 nitrogen and oxygen atoms in total. The summed E-state index contributed by atoms with van der Waals surface area (Å²) in [6, 6.07) is 6.69. The highest BCUT2D eigenvalue weighted by atomic mass is 16.7. The van der Waals surface area contributed by atoms with Crippen LogP contribution >= 0.6 is 0 Å². The van der Waals surface area contributed by atoms with E-state index in [-0.39, 0.29) is 34.7 Å². The fourth-order valence-electron chi connectivity index (χ4n) is 10.5. The van der Waals surface area contributed by atoms with Crippen LogP contribution in [0.2, 0.25) is 0 Å². The third kappa shape index (κ3) is 3.07. The van der Waals surface area contributed by atoms with Crippen LogP contribution in [0.4, 0.5) is 5.69 Å². The summed E-state index contributed by atoms with van der Waals surface area (Å²) < 4.78 is 12.9. The zero-order valence-corrected chi connectivity index (χ0v) is 23.9. The Hall–Kier alpha value is -1.18. The van der Waals surface area contributed by atoms with E-state index in [1.165, 1.54) is 11.1 Å². The monoisotopic (exact) mass is 525 g/mol. The van der Waals surface area contributed by atoms with Crippen molar-refractivity contribution in [3.8, 4) is 0 Å². The molecule has 6 heteroatoms. The summed E-state index contributed by atoms with van der Waals surface area (Å²) in [6.45, 7) is 7.84. The van der Waals surface area contributed by atoms with E-state index >= 15 is 0 Å². The Morgan fingerprint density at radius 2 is 1.66 bits per heavy atom. The van der Waals surface area contributed by atoms with Crippen molar-refractivity contribution in [3.63, 3.8) is 0 Å². The standard InChI is InChI=1S/C32H47NO5/c1-27(2)18-37-31(38-19-27)13-12-29-15-20-14-21(33(4)5)6-7-22(20)25-16-28(3)23(8-9-26(28)34)24(32(25,29)36)10-11-30(29,35)17-31/h6-7,14,23-26,34-36H,8-13,15-19H2,1-5H3/t23-,24-,25?,26-,28-,29+,30+,32-/m0/s1. The second-order valence-electron chi connectivity index (χ2n) is 15.3. The van der Waals surface area contributed by atoms with Crippen LogP contribution in [0.5, 0.6) is 0 Å². The molecule has 1 heterocycles. The minimum atomic E-state index is -1.08. The van der Waals surface area contributed by atoms with Gasteiger partial charge in [0.25, 0.3) is 0 Å². The molecule has 0 bridgehead atoms. The largest absolute Gasteiger partial charge is 0.393 e. The van der Waals surface area contributed by atoms with Crippen molar-refractivity contribution in [1.29, 1.82) is 0 Å². The Morgan fingerprint density at radius 1 is 0.921 bits per heavy atom. The maximum absolute atomic E-state index is 13.3. The van der Waals surface area contributed by atoms with Gasteiger partial charge in [-0.25, -0.2) is 0 Å². The van der Waals surface area contributed by atoms with Crippen LogP contribution < -0.4 is 4.90 Å². The lowest BCUT2D eigenvalue weighted by Gasteiger charge is -2.73. The van der Waals surface area contributed by atoms with Crippen molar-refractivity contribution >= 4 is 5.69 Å². The fourth-order valence-corrected chi connectivity index (χ4v) is 10.5. The zero-order valence-electron chi connectivity index (χ0n) is 23.9. The van der Waals surface area contributed by atoms with Gasteiger partial charge in [-0.1, -0.05) is 26.8 Å². The SMILES string of the molecule is CN(C)c1ccc2c(c1)C[C@]13CCC4(C[C@]1(O)CC[C@H]1[C@@H]5CC[C@H](O)[C@@]5(C)CC2[C@@]13O)OCC(C)(C)CO4. The fraction of sp³-hybridized carbons (Fsp3) is 0.812. The van der Waals surface area contributed by atoms with E-state index < -0.39 is 22.4 Å². The molecule has 2 spiro atoms. The first-order valence-corrected chi connectivity index (χ1v) is 15.0. The molecular formula is C32H47NO5. The van der Waals surface area contributed by atoms with Gasteiger partial charge in [0, 0.05) is 49.4 Å². The minimum Gasteiger partial charge on any atom is -0.393 e. The Kier molecular flexibility index (Phi) is 5.26. The Bertz CT molecular complexity index is 1140. The number of hydrogen-bond acceptors (Lipinski definition) is 6. The van der Waals surface area contributed by atoms with E-state index in [0.717, 1.165) is 31.4 Å². The Balaban J connectivity index is 1.38. The van der Waals surface area contributed by atoms with Gasteiger partial charge in [0.15, 0.2) is 5.79 Å². The summed E-state index contributed by atoms with van der Waals surface area (Å²) >= 11 is 0. The van der Waals surface area contributed by atoms with Gasteiger partial charge in [-0.2, -0.15) is 0 Å². The highest BCUT2D eigenvalue weighted by molar-refractivity contribution is 5.54. The van der Waals surface area contributed by atoms with Crippen molar-refractivity contribution in [2.75, 3.05) is 32.2 Å². The molecule has 5 fully saturated rings. The molecule has 0 aromatic heterocycles. The second kappa shape index (κ2) is 7.76. The van der Waals surface area contributed by atoms with Crippen LogP contribution in [0.15, 0.2) is 18.2 Å². The van der Waals surface area contributed by atoms with Crippen LogP contribution in [0.3, 0.4) is 0 Å². The first-order valence-electron chi connectivity index (χ1n) is 15.0. The van der Waals surface area contributed by atoms with Crippen LogP contribution in [0, 0.1) is 28.1 Å². The first kappa shape index (κ1) is 25.8. The lowest BCUT2D eigenvalue weighted by Crippen LogP contribution is -2.78. The van der Waals surface area contributed by atoms with Gasteiger partial charge in [0.05, 0.1) is 30.5 Å². The number of anilines is 1. The Morgan fingerprint density at radius 3 is 2.37 bits per heavy atom. The summed E-state index contributed by atoms with van der Waals surface area (Å²) in [5, 5.41) is 37.4. The molecular weight excluding hydrogens is 478 g/mol. The van der Waals surface area contributed by atoms with Gasteiger partial charge in [0.2, 0.25) is 0 Å². The summed E-state index contributed by atoms with van der Waals surface area (Å²) in [5.74, 6) is -0.519. The molecule has 6 aliphatic rings. The number of ether oxygens (including phenoxy) is 2. The van der Waals surface area contributed by atoms with Crippen molar-refractivity contribution < 1.29 is 24.8 Å². The first-order chi connectivity index (χ1) is 17.8. The zero-order chi connectivity index (χ0) is 26.9. The number of hydrogen-bond donors (Lipinski definition) is 3. The van der Waals surface area contributed by atoms with Crippen LogP contribution in [0.1, 0.15) is 89.2 Å². The van der Waals surface area contributed by atoms with Crippen molar-refractivity contribution in [3.05, 3.63) is 29.3 Å². The van der Waals surface area contributed by atoms with Crippen LogP contribution in [-0.4, -0.2) is 65.7 Å². The van der Waals surface area contributed by atoms with E-state index in [0.29, 0.717) is 45.3 Å². The predicted molar refractivity (Wildman–Crippen MR) is 146 cm³/mol. The van der Waals surface area contributed by atoms with Crippen molar-refractivity contribution in [1.82, 2.24) is 0 Å². The number of benzene rings is 1. The van der Waals surface area contributed by atoms with Gasteiger partial charge in [0.1, 0.15) is 0 Å². The van der Waals surface area contributed by atoms with Gasteiger partial charge >= 0.3 is 0 Å². The maximum Gasteiger partial charge on any atom is 0.171 e. The molecule has 3 N–H and O–H groups in total. The summed E-state index contributed by atoms with van der Waals surface area (Å²) in [6.07, 6.45) is 6.12. The normalized spacial score (nSPS) is 48.0. The maximum atomic E-state index is 13.3. The van der Waals surface area contributed by atoms with Crippen molar-refractivity contribution in [2.45, 2.75) is 108 Å². The average Bonchev–Trinajstić information content (AvgIpc) is 3.15. The van der Waals surface area contributed by atoms with E-state index in [4.69, 9.17) is 9.47 Å². The molecule has 1 aliphatic heterocycles. The average molecular weight is 526 g/mol. The second-order valence-corrected chi connectivity index (χ2v) is 15.3. The number of rotatable bonds is 1. The van der Waals surface area contributed by atoms with E-state index in [9.17, 15) is 15.3 Å². The highest BCUT2D eigenvalue weighted by Gasteiger charge is 2.78. The van der Waals surface area contributed by atoms with Crippen LogP contribution in [0.25, 0.3) is 0 Å². The summed E-state index contributed by atoms with van der Waals surface area (Å²) in [7, 11) is 4.13. The van der Waals surface area contributed by atoms with Gasteiger partial charge in [-0.05, 0) is 85.5 Å². The molecule has 7 rings (SSSR count). The van der Waals surface area contributed by atoms with Crippen molar-refractivity contribution in [2.24, 2.45) is 28.1 Å². The molecule has 0 radical (unpaired) electrons. The van der Waals surface area contributed by atoms with Crippen LogP contribution in [-0.2, 0) is 15.9 Å². The van der Waals surface area contributed by atoms with E-state index in [1.807, 2.05) is 0 Å². The highest BCUT2D eigenvalue weighted by Crippen LogP contribution is 2.75. The smallest absolute Gasteiger partial charge is 0.171 e. The van der Waals surface area contributed by atoms with E-state index in [1.54, 1.807) is 0 Å². The number of aliphatic hydroxyl groups is 3. The minimum absolute atomic E-state index is 0.0343. The number of fused-ring (bicyclic) bond motifs is 4. The lowest BCUT2D eigenvalue weighted by atomic mass is 9.35. The molecule has 210 valence electrons. The Labute approximate surface area is 227 Å². The summed E-state index contributed by atoms with van der Waals surface area (Å²) in [4.78, 5) is 2.13. The molecule has 1 aromatic rings. The molecule has 0 amide bonds. The number of aliphatic hydroxyl groups excluding tert-OH is 1. The molecule has 8 atom stereocenters. The molecule has 1 unspecified atom stereocenters. The van der Waals surface area contributed by atoms with E-state index in [2.05, 4.69) is 58.0 Å². The van der Waals surface area contributed by atoms with Gasteiger partial charge in [-0.15, -0.1) is 0 Å². The molecule has 38 heavy (non-hydrogen) atoms. The topological polar surface area (TPSA) is 82.4 Å². The number of nitrogens with zero attached hydrogens (tertiary/aromatic N) is 1. The quantitative estimate of drug-likeness (QED) is 0.505. The van der Waals surface area contributed by atoms with Gasteiger partial charge < -0.3 is 29.7 Å². The van der Waals surface area contributed by atoms with Gasteiger partial charge in [-0.3, -0.25) is 0 Å². The predicted octanol–water partition coefficient (Wildman–Crippen LogP) is 4.39. The third-order valence-corrected chi connectivity index (χ3v) is 12.6. The lowest BCUT2D eigenvalue weighted by molar-refractivity contribution is -0.378. The molecule has 1 saturated heterocycles. The molecule has 1 aromatic carbocycles. The third-order valence-electron chi connectivity index (χ3n) is 12.6. The molecule has 4 saturated carbocycles. The molecule has 5 aliphatic carbocycles. The summed E-state index contributed by atoms with van der Waals surface area (Å²) in [5.41, 5.74) is 0.633.